The van der Waals surface area contributed by atoms with Crippen molar-refractivity contribution in [3.05, 3.63) is 48.6 Å². The molecule has 0 radical (unpaired) electrons. The number of phosphoric acid groups is 1. The normalized spacial score (nSPS) is 13.3. The van der Waals surface area contributed by atoms with E-state index < -0.39 is 26.5 Å². The monoisotopic (exact) mass is 1230 g/mol. The number of likely N-dealkylation sites (N-methyl/N-ethyl adjacent to an activating group) is 1. The van der Waals surface area contributed by atoms with Crippen LogP contribution in [0.5, 0.6) is 0 Å². The molecule has 0 saturated carbocycles. The number of esters is 2. The summed E-state index contributed by atoms with van der Waals surface area (Å²) in [7, 11) is 1.18. The fraction of sp³-hybridized carbons (Fsp3) is 0.868. The summed E-state index contributed by atoms with van der Waals surface area (Å²) in [5.41, 5.74) is 0. The van der Waals surface area contributed by atoms with Crippen molar-refractivity contribution in [2.24, 2.45) is 0 Å². The standard InChI is InChI=1S/C76H144NO8P/c1-6-8-10-12-14-16-18-20-22-24-26-28-30-32-34-35-36-37-38-39-40-41-43-44-46-48-50-52-54-56-58-60-62-64-66-68-75(78)82-72-74(73-84-86(80,81)83-71-70-77(3,4)5)85-76(79)69-67-65-63-61-59-57-55-53-51-49-47-45-42-33-31-29-27-25-23-21-19-17-15-13-11-9-7-2/h9,11,15,17,21,23,27,29,74H,6-8,10,12-14,16,18-20,22,24-26,28,30-73H2,1-5H3/b11-9-,17-15-,23-21-,29-27-. The van der Waals surface area contributed by atoms with Crippen LogP contribution in [-0.4, -0.2) is 70.0 Å². The molecule has 0 fully saturated rings. The summed E-state index contributed by atoms with van der Waals surface area (Å²) in [5.74, 6) is -0.815. The third-order valence-electron chi connectivity index (χ3n) is 16.9. The Bertz CT molecular complexity index is 1590. The van der Waals surface area contributed by atoms with E-state index in [1.165, 1.54) is 276 Å². The molecule has 0 rings (SSSR count). The van der Waals surface area contributed by atoms with Crippen molar-refractivity contribution in [3.63, 3.8) is 0 Å². The number of rotatable bonds is 70. The summed E-state index contributed by atoms with van der Waals surface area (Å²) in [4.78, 5) is 38.1. The predicted molar refractivity (Wildman–Crippen MR) is 370 cm³/mol. The second-order valence-electron chi connectivity index (χ2n) is 26.6. The Labute approximate surface area is 534 Å². The van der Waals surface area contributed by atoms with Crippen molar-refractivity contribution in [2.45, 2.75) is 380 Å². The van der Waals surface area contributed by atoms with Gasteiger partial charge in [-0.1, -0.05) is 358 Å². The van der Waals surface area contributed by atoms with Crippen LogP contribution >= 0.6 is 7.82 Å². The van der Waals surface area contributed by atoms with Crippen LogP contribution in [0.25, 0.3) is 0 Å². The van der Waals surface area contributed by atoms with E-state index in [9.17, 15) is 19.0 Å². The molecular weight excluding hydrogens is 1090 g/mol. The summed E-state index contributed by atoms with van der Waals surface area (Å²) in [5, 5.41) is 0. The van der Waals surface area contributed by atoms with Gasteiger partial charge in [-0.15, -0.1) is 0 Å². The van der Waals surface area contributed by atoms with E-state index >= 15 is 0 Å². The highest BCUT2D eigenvalue weighted by Gasteiger charge is 2.22. The van der Waals surface area contributed by atoms with Gasteiger partial charge < -0.3 is 27.9 Å². The van der Waals surface area contributed by atoms with Gasteiger partial charge in [-0.05, 0) is 51.4 Å². The van der Waals surface area contributed by atoms with Crippen LogP contribution in [0.15, 0.2) is 48.6 Å². The molecule has 9 nitrogen and oxygen atoms in total. The molecule has 86 heavy (non-hydrogen) atoms. The minimum Gasteiger partial charge on any atom is -0.756 e. The summed E-state index contributed by atoms with van der Waals surface area (Å²) < 4.78 is 34.4. The predicted octanol–water partition coefficient (Wildman–Crippen LogP) is 23.8. The van der Waals surface area contributed by atoms with Crippen molar-refractivity contribution >= 4 is 19.8 Å². The second-order valence-corrected chi connectivity index (χ2v) is 28.1. The zero-order chi connectivity index (χ0) is 62.6. The Morgan fingerprint density at radius 3 is 0.988 bits per heavy atom. The molecule has 0 spiro atoms. The maximum absolute atomic E-state index is 12.9. The largest absolute Gasteiger partial charge is 0.756 e. The van der Waals surface area contributed by atoms with Crippen molar-refractivity contribution in [1.29, 1.82) is 0 Å². The molecule has 0 N–H and O–H groups in total. The summed E-state index contributed by atoms with van der Waals surface area (Å²) in [6, 6.07) is 0. The Morgan fingerprint density at radius 1 is 0.372 bits per heavy atom. The molecule has 0 aliphatic rings. The van der Waals surface area contributed by atoms with Gasteiger partial charge in [-0.2, -0.15) is 0 Å². The van der Waals surface area contributed by atoms with Gasteiger partial charge in [0.05, 0.1) is 27.7 Å². The SMILES string of the molecule is CC/C=C\C/C=C\C/C=C\C/C=C\CCCCCCCCCCCCCCCCC(=O)OC(COC(=O)CCCCCCCCCCCCCCCCCCCCCCCCCCCCCCCCCCCCC)COP(=O)([O-])OCC[N+](C)(C)C. The number of phosphoric ester groups is 1. The molecule has 0 aliphatic heterocycles. The van der Waals surface area contributed by atoms with Crippen LogP contribution in [0, 0.1) is 0 Å². The number of quaternary nitrogens is 1. The number of nitrogens with zero attached hydrogens (tertiary/aromatic N) is 1. The zero-order valence-electron chi connectivity index (χ0n) is 57.8. The first kappa shape index (κ1) is 84.0. The van der Waals surface area contributed by atoms with E-state index in [0.717, 1.165) is 64.2 Å². The van der Waals surface area contributed by atoms with E-state index in [4.69, 9.17) is 18.5 Å². The molecule has 0 saturated heterocycles. The lowest BCUT2D eigenvalue weighted by molar-refractivity contribution is -0.870. The molecule has 2 unspecified atom stereocenters. The Balaban J connectivity index is 3.94. The van der Waals surface area contributed by atoms with E-state index in [2.05, 4.69) is 62.5 Å². The Morgan fingerprint density at radius 2 is 0.663 bits per heavy atom. The van der Waals surface area contributed by atoms with Crippen molar-refractivity contribution in [1.82, 2.24) is 0 Å². The lowest BCUT2D eigenvalue weighted by Gasteiger charge is -2.28. The minimum atomic E-state index is -4.64. The van der Waals surface area contributed by atoms with Crippen LogP contribution in [-0.2, 0) is 32.7 Å². The fourth-order valence-corrected chi connectivity index (χ4v) is 11.9. The third-order valence-corrected chi connectivity index (χ3v) is 17.8. The van der Waals surface area contributed by atoms with Gasteiger partial charge in [0, 0.05) is 12.8 Å². The fourth-order valence-electron chi connectivity index (χ4n) is 11.2. The molecule has 0 aromatic carbocycles. The maximum atomic E-state index is 12.9. The van der Waals surface area contributed by atoms with Crippen LogP contribution in [0.1, 0.15) is 373 Å². The number of hydrogen-bond donors (Lipinski definition) is 0. The van der Waals surface area contributed by atoms with E-state index in [1.807, 2.05) is 21.1 Å². The van der Waals surface area contributed by atoms with Crippen LogP contribution in [0.3, 0.4) is 0 Å². The number of carbonyl (C=O) groups excluding carboxylic acids is 2. The van der Waals surface area contributed by atoms with Crippen molar-refractivity contribution < 1.29 is 42.1 Å². The highest BCUT2D eigenvalue weighted by Crippen LogP contribution is 2.38. The zero-order valence-corrected chi connectivity index (χ0v) is 58.7. The molecule has 0 aromatic rings. The number of ether oxygens (including phenoxy) is 2. The molecule has 0 heterocycles. The van der Waals surface area contributed by atoms with Gasteiger partial charge in [0.15, 0.2) is 6.10 Å². The average molecular weight is 1230 g/mol. The van der Waals surface area contributed by atoms with Gasteiger partial charge in [0.1, 0.15) is 19.8 Å². The number of carbonyl (C=O) groups is 2. The molecule has 2 atom stereocenters. The van der Waals surface area contributed by atoms with Crippen LogP contribution in [0.4, 0.5) is 0 Å². The lowest BCUT2D eigenvalue weighted by Crippen LogP contribution is -2.37. The van der Waals surface area contributed by atoms with Gasteiger partial charge in [-0.3, -0.25) is 14.2 Å². The molecule has 0 aromatic heterocycles. The van der Waals surface area contributed by atoms with Crippen molar-refractivity contribution in [2.75, 3.05) is 47.5 Å². The van der Waals surface area contributed by atoms with Gasteiger partial charge in [0.25, 0.3) is 7.82 Å². The first-order valence-corrected chi connectivity index (χ1v) is 38.8. The smallest absolute Gasteiger partial charge is 0.306 e. The summed E-state index contributed by atoms with van der Waals surface area (Å²) >= 11 is 0. The van der Waals surface area contributed by atoms with Gasteiger partial charge >= 0.3 is 11.9 Å². The van der Waals surface area contributed by atoms with E-state index in [0.29, 0.717) is 17.4 Å². The molecule has 0 bridgehead atoms. The quantitative estimate of drug-likeness (QED) is 0.0195. The number of hydrogen-bond acceptors (Lipinski definition) is 8. The van der Waals surface area contributed by atoms with Crippen molar-refractivity contribution in [3.8, 4) is 0 Å². The first-order chi connectivity index (χ1) is 42.0. The highest BCUT2D eigenvalue weighted by molar-refractivity contribution is 7.45. The summed E-state index contributed by atoms with van der Waals surface area (Å²) in [6.45, 7) is 4.20. The minimum absolute atomic E-state index is 0.0293. The van der Waals surface area contributed by atoms with E-state index in [-0.39, 0.29) is 32.0 Å². The van der Waals surface area contributed by atoms with Crippen LogP contribution < -0.4 is 4.89 Å². The molecule has 506 valence electrons. The number of unbranched alkanes of at least 4 members (excludes halogenated alkanes) is 48. The molecule has 10 heteroatoms. The second kappa shape index (κ2) is 67.4. The van der Waals surface area contributed by atoms with Gasteiger partial charge in [-0.25, -0.2) is 0 Å². The van der Waals surface area contributed by atoms with Gasteiger partial charge in [0.2, 0.25) is 0 Å². The topological polar surface area (TPSA) is 111 Å². The van der Waals surface area contributed by atoms with E-state index in [1.54, 1.807) is 0 Å². The number of allylic oxidation sites excluding steroid dienone is 8. The third kappa shape index (κ3) is 71.1. The maximum Gasteiger partial charge on any atom is 0.306 e. The molecule has 0 amide bonds. The molecule has 0 aliphatic carbocycles. The lowest BCUT2D eigenvalue weighted by atomic mass is 10.0. The molecular formula is C76H144NO8P. The van der Waals surface area contributed by atoms with Crippen LogP contribution in [0.2, 0.25) is 0 Å². The highest BCUT2D eigenvalue weighted by atomic mass is 31.2. The Kier molecular flexibility index (Phi) is 65.8. The average Bonchev–Trinajstić information content (AvgIpc) is 3.53. The summed E-state index contributed by atoms with van der Waals surface area (Å²) in [6.07, 6.45) is 87.9. The Hall–Kier alpha value is -2.03. The first-order valence-electron chi connectivity index (χ1n) is 37.3.